The maximum Gasteiger partial charge on any atom is 0.308 e. The highest BCUT2D eigenvalue weighted by molar-refractivity contribution is 5.94. The van der Waals surface area contributed by atoms with Crippen molar-refractivity contribution in [3.05, 3.63) is 30.2 Å². The first-order valence-electron chi connectivity index (χ1n) is 7.98. The number of hydrogen-bond acceptors (Lipinski definition) is 4. The summed E-state index contributed by atoms with van der Waals surface area (Å²) in [5.41, 5.74) is 1.14. The van der Waals surface area contributed by atoms with Crippen molar-refractivity contribution in [2.45, 2.75) is 44.6 Å². The second-order valence-electron chi connectivity index (χ2n) is 6.03. The van der Waals surface area contributed by atoms with Crippen LogP contribution in [0.15, 0.2) is 24.7 Å². The summed E-state index contributed by atoms with van der Waals surface area (Å²) in [7, 11) is 0. The molecule has 1 aliphatic carbocycles. The van der Waals surface area contributed by atoms with Crippen molar-refractivity contribution in [3.8, 4) is 0 Å². The zero-order valence-electron chi connectivity index (χ0n) is 12.8. The molecule has 1 fully saturated rings. The van der Waals surface area contributed by atoms with Gasteiger partial charge in [-0.3, -0.25) is 14.0 Å². The van der Waals surface area contributed by atoms with Crippen molar-refractivity contribution in [2.24, 2.45) is 5.92 Å². The van der Waals surface area contributed by atoms with Crippen LogP contribution in [0.1, 0.15) is 48.9 Å². The molecule has 2 atom stereocenters. The Balaban J connectivity index is 1.76. The van der Waals surface area contributed by atoms with Gasteiger partial charge in [-0.1, -0.05) is 25.7 Å². The number of carbonyl (C=O) groups excluding carboxylic acids is 1. The van der Waals surface area contributed by atoms with Gasteiger partial charge in [0.05, 0.1) is 11.5 Å². The number of aromatic nitrogens is 3. The Bertz CT molecular complexity index is 712. The van der Waals surface area contributed by atoms with E-state index in [0.717, 1.165) is 25.7 Å². The molecule has 2 unspecified atom stereocenters. The first kappa shape index (κ1) is 15.5. The normalized spacial score (nSPS) is 22.3. The highest BCUT2D eigenvalue weighted by Crippen LogP contribution is 2.23. The minimum Gasteiger partial charge on any atom is -0.481 e. The highest BCUT2D eigenvalue weighted by Gasteiger charge is 2.30. The third-order valence-electron chi connectivity index (χ3n) is 4.45. The maximum atomic E-state index is 12.5. The minimum atomic E-state index is -0.827. The van der Waals surface area contributed by atoms with Gasteiger partial charge >= 0.3 is 5.97 Å². The molecule has 1 saturated carbocycles. The summed E-state index contributed by atoms with van der Waals surface area (Å²) in [6.07, 6.45) is 8.50. The van der Waals surface area contributed by atoms with Gasteiger partial charge in [-0.05, 0) is 25.0 Å². The number of hydrogen-bond donors (Lipinski definition) is 2. The van der Waals surface area contributed by atoms with Gasteiger partial charge in [-0.25, -0.2) is 0 Å². The summed E-state index contributed by atoms with van der Waals surface area (Å²) in [5.74, 6) is -1.60. The summed E-state index contributed by atoms with van der Waals surface area (Å²) in [5, 5.41) is 20.0. The van der Waals surface area contributed by atoms with E-state index in [2.05, 4.69) is 15.5 Å². The first-order chi connectivity index (χ1) is 11.1. The van der Waals surface area contributed by atoms with E-state index in [9.17, 15) is 14.7 Å². The molecule has 2 N–H and O–H groups in total. The van der Waals surface area contributed by atoms with Crippen LogP contribution in [-0.4, -0.2) is 37.6 Å². The quantitative estimate of drug-likeness (QED) is 0.901. The van der Waals surface area contributed by atoms with Crippen molar-refractivity contribution in [2.75, 3.05) is 0 Å². The lowest BCUT2D eigenvalue weighted by molar-refractivity contribution is -0.143. The predicted octanol–water partition coefficient (Wildman–Crippen LogP) is 1.88. The fourth-order valence-corrected chi connectivity index (χ4v) is 3.17. The molecule has 0 aromatic carbocycles. The Morgan fingerprint density at radius 3 is 2.74 bits per heavy atom. The third-order valence-corrected chi connectivity index (χ3v) is 4.45. The van der Waals surface area contributed by atoms with E-state index >= 15 is 0 Å². The van der Waals surface area contributed by atoms with Crippen molar-refractivity contribution in [3.63, 3.8) is 0 Å². The van der Waals surface area contributed by atoms with Gasteiger partial charge in [-0.15, -0.1) is 10.2 Å². The average molecular weight is 316 g/mol. The molecular formula is C16H20N4O3. The molecule has 122 valence electrons. The van der Waals surface area contributed by atoms with Crippen molar-refractivity contribution in [1.29, 1.82) is 0 Å². The number of nitrogens with zero attached hydrogens (tertiary/aromatic N) is 3. The Morgan fingerprint density at radius 1 is 1.17 bits per heavy atom. The standard InChI is InChI=1S/C16H20N4O3/c21-15(11-7-8-14-19-17-10-20(14)9-11)18-13-6-4-2-1-3-5-12(13)16(22)23/h7-10,12-13H,1-6H2,(H,18,21)(H,22,23). The van der Waals surface area contributed by atoms with E-state index in [1.807, 2.05) is 0 Å². The fraction of sp³-hybridized carbons (Fsp3) is 0.500. The lowest BCUT2D eigenvalue weighted by Gasteiger charge is -2.27. The topological polar surface area (TPSA) is 96.6 Å². The van der Waals surface area contributed by atoms with E-state index in [4.69, 9.17) is 0 Å². The van der Waals surface area contributed by atoms with Crippen LogP contribution in [0.3, 0.4) is 0 Å². The van der Waals surface area contributed by atoms with Gasteiger partial charge < -0.3 is 10.4 Å². The third kappa shape index (κ3) is 3.49. The number of rotatable bonds is 3. The predicted molar refractivity (Wildman–Crippen MR) is 83.1 cm³/mol. The van der Waals surface area contributed by atoms with Crippen LogP contribution in [0.25, 0.3) is 5.65 Å². The Morgan fingerprint density at radius 2 is 1.96 bits per heavy atom. The summed E-state index contributed by atoms with van der Waals surface area (Å²) in [4.78, 5) is 24.0. The van der Waals surface area contributed by atoms with Gasteiger partial charge in [0.25, 0.3) is 5.91 Å². The van der Waals surface area contributed by atoms with E-state index in [0.29, 0.717) is 24.1 Å². The number of aliphatic carboxylic acids is 1. The van der Waals surface area contributed by atoms with E-state index in [-0.39, 0.29) is 11.9 Å². The van der Waals surface area contributed by atoms with E-state index < -0.39 is 11.9 Å². The molecule has 2 aromatic heterocycles. The first-order valence-corrected chi connectivity index (χ1v) is 7.98. The Kier molecular flexibility index (Phi) is 4.55. The van der Waals surface area contributed by atoms with Crippen molar-refractivity contribution >= 4 is 17.5 Å². The molecule has 2 heterocycles. The lowest BCUT2D eigenvalue weighted by Crippen LogP contribution is -2.44. The molecule has 0 radical (unpaired) electrons. The van der Waals surface area contributed by atoms with E-state index in [1.165, 1.54) is 6.33 Å². The maximum absolute atomic E-state index is 12.5. The molecule has 0 saturated heterocycles. The summed E-state index contributed by atoms with van der Waals surface area (Å²) in [6.45, 7) is 0. The highest BCUT2D eigenvalue weighted by atomic mass is 16.4. The van der Waals surface area contributed by atoms with Crippen LogP contribution in [0.5, 0.6) is 0 Å². The molecule has 0 aliphatic heterocycles. The zero-order valence-corrected chi connectivity index (χ0v) is 12.8. The van der Waals surface area contributed by atoms with Crippen molar-refractivity contribution in [1.82, 2.24) is 19.9 Å². The van der Waals surface area contributed by atoms with E-state index in [1.54, 1.807) is 22.7 Å². The van der Waals surface area contributed by atoms with Crippen LogP contribution < -0.4 is 5.32 Å². The average Bonchev–Trinajstić information content (AvgIpc) is 2.97. The number of fused-ring (bicyclic) bond motifs is 1. The van der Waals surface area contributed by atoms with Gasteiger partial charge in [-0.2, -0.15) is 0 Å². The molecule has 0 spiro atoms. The molecular weight excluding hydrogens is 296 g/mol. The number of carboxylic acids is 1. The second kappa shape index (κ2) is 6.76. The van der Waals surface area contributed by atoms with Crippen LogP contribution in [0, 0.1) is 5.92 Å². The number of amides is 1. The number of carbonyl (C=O) groups is 2. The van der Waals surface area contributed by atoms with Gasteiger partial charge in [0.15, 0.2) is 5.65 Å². The molecule has 7 nitrogen and oxygen atoms in total. The summed E-state index contributed by atoms with van der Waals surface area (Å²) >= 11 is 0. The summed E-state index contributed by atoms with van der Waals surface area (Å²) < 4.78 is 1.67. The fourth-order valence-electron chi connectivity index (χ4n) is 3.17. The molecule has 1 amide bonds. The monoisotopic (exact) mass is 316 g/mol. The van der Waals surface area contributed by atoms with Crippen LogP contribution in [0.4, 0.5) is 0 Å². The number of pyridine rings is 1. The molecule has 1 aliphatic rings. The largest absolute Gasteiger partial charge is 0.481 e. The lowest BCUT2D eigenvalue weighted by atomic mass is 9.86. The smallest absolute Gasteiger partial charge is 0.308 e. The van der Waals surface area contributed by atoms with Crippen LogP contribution in [0.2, 0.25) is 0 Å². The second-order valence-corrected chi connectivity index (χ2v) is 6.03. The van der Waals surface area contributed by atoms with Crippen LogP contribution >= 0.6 is 0 Å². The Hall–Kier alpha value is -2.44. The molecule has 3 rings (SSSR count). The van der Waals surface area contributed by atoms with Crippen molar-refractivity contribution < 1.29 is 14.7 Å². The van der Waals surface area contributed by atoms with Crippen LogP contribution in [-0.2, 0) is 4.79 Å². The zero-order chi connectivity index (χ0) is 16.2. The Labute approximate surface area is 133 Å². The molecule has 7 heteroatoms. The molecule has 0 bridgehead atoms. The molecule has 23 heavy (non-hydrogen) atoms. The van der Waals surface area contributed by atoms with Gasteiger partial charge in [0.2, 0.25) is 0 Å². The minimum absolute atomic E-state index is 0.252. The van der Waals surface area contributed by atoms with Gasteiger partial charge in [0, 0.05) is 12.2 Å². The molecule has 2 aromatic rings. The summed E-state index contributed by atoms with van der Waals surface area (Å²) in [6, 6.07) is 3.07. The SMILES string of the molecule is O=C(NC1CCCCCCC1C(=O)O)c1ccc2nncn2c1. The van der Waals surface area contributed by atoms with Gasteiger partial charge in [0.1, 0.15) is 6.33 Å². The number of carboxylic acid groups (broad SMARTS) is 1. The number of nitrogens with one attached hydrogen (secondary N) is 1.